The molecule has 0 aliphatic heterocycles. The van der Waals surface area contributed by atoms with Crippen molar-refractivity contribution in [3.05, 3.63) is 41.2 Å². The third-order valence-electron chi connectivity index (χ3n) is 3.47. The van der Waals surface area contributed by atoms with Crippen LogP contribution < -0.4 is 4.31 Å². The third-order valence-corrected chi connectivity index (χ3v) is 7.46. The van der Waals surface area contributed by atoms with Crippen molar-refractivity contribution < 1.29 is 17.5 Å². The first kappa shape index (κ1) is 20.0. The summed E-state index contributed by atoms with van der Waals surface area (Å²) >= 11 is 1.12. The third kappa shape index (κ3) is 5.34. The predicted octanol–water partition coefficient (Wildman–Crippen LogP) is 3.90. The zero-order valence-corrected chi connectivity index (χ0v) is 17.4. The van der Waals surface area contributed by atoms with Crippen molar-refractivity contribution in [2.45, 2.75) is 37.5 Å². The van der Waals surface area contributed by atoms with Crippen LogP contribution in [0.4, 0.5) is 10.1 Å². The van der Waals surface area contributed by atoms with Gasteiger partial charge in [0.15, 0.2) is 0 Å². The summed E-state index contributed by atoms with van der Waals surface area (Å²) in [5.74, 6) is -0.833. The highest BCUT2D eigenvalue weighted by Crippen LogP contribution is 2.26. The maximum Gasteiger partial charge on any atom is 0.269 e. The molecule has 0 fully saturated rings. The molecule has 1 radical (unpaired) electrons. The van der Waals surface area contributed by atoms with Gasteiger partial charge in [0.2, 0.25) is 0 Å². The van der Waals surface area contributed by atoms with Gasteiger partial charge in [-0.05, 0) is 36.1 Å². The second-order valence-electron chi connectivity index (χ2n) is 6.90. The van der Waals surface area contributed by atoms with Gasteiger partial charge in [-0.3, -0.25) is 0 Å². The maximum atomic E-state index is 14.1. The fraction of sp³-hybridized carbons (Fsp3) is 0.438. The molecule has 25 heavy (non-hydrogen) atoms. The van der Waals surface area contributed by atoms with Crippen LogP contribution in [-0.4, -0.2) is 34.2 Å². The monoisotopic (exact) mass is 401 g/mol. The molecule has 5 nitrogen and oxygen atoms in total. The van der Waals surface area contributed by atoms with Gasteiger partial charge >= 0.3 is 0 Å². The SMILES string of the molecule is Cc1[c]c(S(=O)(=O)N(COCC[Si](C)(C)C)c2cnsc2)c(F)cc1. The lowest BCUT2D eigenvalue weighted by Crippen LogP contribution is -2.34. The molecule has 1 aromatic carbocycles. The normalized spacial score (nSPS) is 12.4. The number of ether oxygens (including phenoxy) is 1. The van der Waals surface area contributed by atoms with Gasteiger partial charge < -0.3 is 4.74 Å². The molecule has 0 spiro atoms. The largest absolute Gasteiger partial charge is 0.360 e. The molecule has 1 aromatic heterocycles. The minimum atomic E-state index is -4.14. The average molecular weight is 402 g/mol. The zero-order valence-electron chi connectivity index (χ0n) is 14.7. The fourth-order valence-electron chi connectivity index (χ4n) is 1.98. The van der Waals surface area contributed by atoms with Crippen LogP contribution in [0.15, 0.2) is 28.6 Å². The summed E-state index contributed by atoms with van der Waals surface area (Å²) in [5, 5.41) is 1.59. The van der Waals surface area contributed by atoms with E-state index in [1.54, 1.807) is 12.3 Å². The average Bonchev–Trinajstić information content (AvgIpc) is 3.02. The van der Waals surface area contributed by atoms with E-state index in [0.29, 0.717) is 17.9 Å². The second-order valence-corrected chi connectivity index (χ2v) is 15.0. The summed E-state index contributed by atoms with van der Waals surface area (Å²) in [6.07, 6.45) is 1.43. The number of halogens is 1. The molecule has 0 atom stereocenters. The van der Waals surface area contributed by atoms with Crippen LogP contribution in [0.5, 0.6) is 0 Å². The molecular formula is C16H22FN2O3S2Si. The molecule has 2 aromatic rings. The molecule has 0 aliphatic carbocycles. The zero-order chi connectivity index (χ0) is 18.7. The summed E-state index contributed by atoms with van der Waals surface area (Å²) in [5.41, 5.74) is 0.898. The van der Waals surface area contributed by atoms with E-state index in [4.69, 9.17) is 4.74 Å². The van der Waals surface area contributed by atoms with Gasteiger partial charge in [-0.15, -0.1) is 0 Å². The highest BCUT2D eigenvalue weighted by atomic mass is 32.2. The lowest BCUT2D eigenvalue weighted by Gasteiger charge is -2.24. The molecule has 1 heterocycles. The van der Waals surface area contributed by atoms with Gasteiger partial charge in [0.1, 0.15) is 17.4 Å². The topological polar surface area (TPSA) is 59.5 Å². The minimum absolute atomic E-state index is 0.188. The first-order valence-corrected chi connectivity index (χ1v) is 13.8. The Morgan fingerprint density at radius 1 is 1.36 bits per heavy atom. The fourth-order valence-corrected chi connectivity index (χ4v) is 4.75. The molecule has 0 saturated heterocycles. The Morgan fingerprint density at radius 2 is 2.08 bits per heavy atom. The summed E-state index contributed by atoms with van der Waals surface area (Å²) in [7, 11) is -5.43. The van der Waals surface area contributed by atoms with E-state index in [-0.39, 0.29) is 6.73 Å². The van der Waals surface area contributed by atoms with E-state index in [9.17, 15) is 12.8 Å². The van der Waals surface area contributed by atoms with Gasteiger partial charge in [0, 0.05) is 26.1 Å². The smallest absolute Gasteiger partial charge is 0.269 e. The number of anilines is 1. The summed E-state index contributed by atoms with van der Waals surface area (Å²) in [4.78, 5) is -0.479. The van der Waals surface area contributed by atoms with Gasteiger partial charge in [-0.2, -0.15) is 4.37 Å². The highest BCUT2D eigenvalue weighted by molar-refractivity contribution is 7.92. The van der Waals surface area contributed by atoms with E-state index in [1.165, 1.54) is 12.3 Å². The molecule has 0 bridgehead atoms. The molecule has 0 aliphatic rings. The lowest BCUT2D eigenvalue weighted by molar-refractivity contribution is 0.156. The van der Waals surface area contributed by atoms with Crippen LogP contribution in [0.3, 0.4) is 0 Å². The van der Waals surface area contributed by atoms with Crippen LogP contribution in [0.25, 0.3) is 0 Å². The molecule has 0 saturated carbocycles. The van der Waals surface area contributed by atoms with E-state index in [0.717, 1.165) is 27.9 Å². The molecule has 137 valence electrons. The van der Waals surface area contributed by atoms with Crippen LogP contribution in [0.2, 0.25) is 25.7 Å². The van der Waals surface area contributed by atoms with Crippen LogP contribution in [0, 0.1) is 18.8 Å². The van der Waals surface area contributed by atoms with Crippen LogP contribution in [0.1, 0.15) is 5.56 Å². The van der Waals surface area contributed by atoms with Crippen molar-refractivity contribution in [1.29, 1.82) is 0 Å². The number of hydrogen-bond donors (Lipinski definition) is 0. The van der Waals surface area contributed by atoms with Crippen LogP contribution >= 0.6 is 11.5 Å². The standard InChI is InChI=1S/C16H22FN2O3S2Si/c1-13-5-6-15(17)16(9-13)24(20,21)19(14-10-18-23-11-14)12-22-7-8-25(2,3)4/h5-6,10-11H,7-8,12H2,1-4H3. The summed E-state index contributed by atoms with van der Waals surface area (Å²) in [6.45, 7) is 8.57. The number of hydrogen-bond acceptors (Lipinski definition) is 5. The van der Waals surface area contributed by atoms with E-state index >= 15 is 0 Å². The van der Waals surface area contributed by atoms with Gasteiger partial charge in [0.25, 0.3) is 10.0 Å². The Labute approximate surface area is 153 Å². The molecule has 0 N–H and O–H groups in total. The molecule has 0 unspecified atom stereocenters. The maximum absolute atomic E-state index is 14.1. The van der Waals surface area contributed by atoms with E-state index in [1.807, 2.05) is 0 Å². The number of aromatic nitrogens is 1. The second kappa shape index (κ2) is 7.94. The highest BCUT2D eigenvalue weighted by Gasteiger charge is 2.29. The van der Waals surface area contributed by atoms with Gasteiger partial charge in [-0.25, -0.2) is 17.1 Å². The van der Waals surface area contributed by atoms with Crippen molar-refractivity contribution >= 4 is 35.3 Å². The Kier molecular flexibility index (Phi) is 6.36. The van der Waals surface area contributed by atoms with E-state index < -0.39 is 28.8 Å². The quantitative estimate of drug-likeness (QED) is 0.382. The molecular weight excluding hydrogens is 379 g/mol. The van der Waals surface area contributed by atoms with E-state index in [2.05, 4.69) is 30.1 Å². The lowest BCUT2D eigenvalue weighted by atomic mass is 10.2. The van der Waals surface area contributed by atoms with Crippen molar-refractivity contribution in [1.82, 2.24) is 4.37 Å². The van der Waals surface area contributed by atoms with Gasteiger partial charge in [0.05, 0.1) is 11.9 Å². The number of nitrogens with zero attached hydrogens (tertiary/aromatic N) is 2. The Hall–Kier alpha value is -1.29. The number of benzene rings is 1. The first-order valence-electron chi connectivity index (χ1n) is 7.79. The number of aryl methyl sites for hydroxylation is 1. The Bertz CT molecular complexity index is 805. The Morgan fingerprint density at radius 3 is 2.68 bits per heavy atom. The van der Waals surface area contributed by atoms with Crippen molar-refractivity contribution in [2.24, 2.45) is 0 Å². The van der Waals surface area contributed by atoms with Crippen molar-refractivity contribution in [3.8, 4) is 0 Å². The van der Waals surface area contributed by atoms with Crippen molar-refractivity contribution in [3.63, 3.8) is 0 Å². The predicted molar refractivity (Wildman–Crippen MR) is 101 cm³/mol. The summed E-state index contributed by atoms with van der Waals surface area (Å²) in [6, 6.07) is 6.13. The van der Waals surface area contributed by atoms with Gasteiger partial charge in [-0.1, -0.05) is 25.7 Å². The number of sulfonamides is 1. The molecule has 0 amide bonds. The van der Waals surface area contributed by atoms with Crippen LogP contribution in [-0.2, 0) is 14.8 Å². The summed E-state index contributed by atoms with van der Waals surface area (Å²) < 4.78 is 50.6. The Balaban J connectivity index is 2.27. The van der Waals surface area contributed by atoms with Crippen molar-refractivity contribution in [2.75, 3.05) is 17.6 Å². The molecule has 9 heteroatoms. The minimum Gasteiger partial charge on any atom is -0.360 e. The number of rotatable bonds is 8. The molecule has 2 rings (SSSR count). The first-order chi connectivity index (χ1) is 11.6.